The van der Waals surface area contributed by atoms with Crippen molar-refractivity contribution in [1.82, 2.24) is 0 Å². The number of benzene rings is 1. The second kappa shape index (κ2) is 7.35. The summed E-state index contributed by atoms with van der Waals surface area (Å²) in [6.07, 6.45) is -4.33. The van der Waals surface area contributed by atoms with Crippen molar-refractivity contribution >= 4 is 0 Å². The highest BCUT2D eigenvalue weighted by Crippen LogP contribution is 2.28. The third kappa shape index (κ3) is 5.66. The van der Waals surface area contributed by atoms with E-state index in [2.05, 4.69) is 4.74 Å². The first-order valence-electron chi connectivity index (χ1n) is 6.04. The molecule has 1 aromatic rings. The van der Waals surface area contributed by atoms with Crippen molar-refractivity contribution in [3.8, 4) is 11.5 Å². The molecule has 20 heavy (non-hydrogen) atoms. The average Bonchev–Trinajstić information content (AvgIpc) is 2.36. The Kier molecular flexibility index (Phi) is 6.09. The van der Waals surface area contributed by atoms with Gasteiger partial charge in [-0.1, -0.05) is 6.07 Å². The molecule has 0 fully saturated rings. The Morgan fingerprint density at radius 1 is 1.25 bits per heavy atom. The Hall–Kier alpha value is -1.47. The molecular formula is C13H18F3NO3. The molecule has 0 saturated heterocycles. The zero-order valence-electron chi connectivity index (χ0n) is 11.4. The van der Waals surface area contributed by atoms with Gasteiger partial charge in [0.2, 0.25) is 0 Å². The lowest BCUT2D eigenvalue weighted by Crippen LogP contribution is -2.19. The molecule has 0 aromatic heterocycles. The number of hydrogen-bond donors (Lipinski definition) is 1. The third-order valence-corrected chi connectivity index (χ3v) is 2.46. The van der Waals surface area contributed by atoms with Crippen LogP contribution in [0.1, 0.15) is 18.5 Å². The van der Waals surface area contributed by atoms with Gasteiger partial charge in [-0.15, -0.1) is 0 Å². The van der Waals surface area contributed by atoms with E-state index in [1.54, 1.807) is 25.1 Å². The number of rotatable bonds is 7. The van der Waals surface area contributed by atoms with E-state index in [0.717, 1.165) is 5.56 Å². The molecule has 1 rings (SSSR count). The van der Waals surface area contributed by atoms with Crippen LogP contribution in [0.3, 0.4) is 0 Å². The summed E-state index contributed by atoms with van der Waals surface area (Å²) in [5.74, 6) is 1.07. The number of nitrogens with two attached hydrogens (primary N) is 1. The second-order valence-corrected chi connectivity index (χ2v) is 4.21. The highest BCUT2D eigenvalue weighted by atomic mass is 19.4. The summed E-state index contributed by atoms with van der Waals surface area (Å²) < 4.78 is 50.6. The Balaban J connectivity index is 2.53. The molecule has 0 aliphatic rings. The fourth-order valence-electron chi connectivity index (χ4n) is 1.54. The van der Waals surface area contributed by atoms with Gasteiger partial charge in [0.1, 0.15) is 24.7 Å². The monoisotopic (exact) mass is 293 g/mol. The van der Waals surface area contributed by atoms with E-state index in [9.17, 15) is 13.2 Å². The van der Waals surface area contributed by atoms with E-state index in [0.29, 0.717) is 11.5 Å². The number of alkyl halides is 3. The first-order chi connectivity index (χ1) is 9.33. The maximum absolute atomic E-state index is 11.9. The van der Waals surface area contributed by atoms with Crippen molar-refractivity contribution in [2.75, 3.05) is 26.9 Å². The largest absolute Gasteiger partial charge is 0.497 e. The lowest BCUT2D eigenvalue weighted by atomic mass is 10.1. The predicted octanol–water partition coefficient (Wildman–Crippen LogP) is 2.67. The fourth-order valence-corrected chi connectivity index (χ4v) is 1.54. The molecule has 0 heterocycles. The minimum atomic E-state index is -4.33. The molecule has 0 aliphatic heterocycles. The summed E-state index contributed by atoms with van der Waals surface area (Å²) in [6.45, 7) is 0.349. The van der Waals surface area contributed by atoms with Gasteiger partial charge in [-0.25, -0.2) is 0 Å². The van der Waals surface area contributed by atoms with Gasteiger partial charge in [-0.05, 0) is 13.0 Å². The standard InChI is InChI=1S/C13H18F3NO3/c1-9(17)11-4-3-10(18-2)7-12(11)20-6-5-19-8-13(14,15)16/h3-4,7,9H,5-6,8,17H2,1-2H3/t9-/m1/s1. The molecule has 4 nitrogen and oxygen atoms in total. The molecule has 1 aromatic carbocycles. The molecule has 7 heteroatoms. The van der Waals surface area contributed by atoms with Crippen LogP contribution in [0, 0.1) is 0 Å². The summed E-state index contributed by atoms with van der Waals surface area (Å²) in [5, 5.41) is 0. The first kappa shape index (κ1) is 16.6. The Labute approximate surface area is 115 Å². The Bertz CT molecular complexity index is 422. The average molecular weight is 293 g/mol. The van der Waals surface area contributed by atoms with E-state index < -0.39 is 12.8 Å². The molecule has 0 aliphatic carbocycles. The molecule has 0 unspecified atom stereocenters. The van der Waals surface area contributed by atoms with Gasteiger partial charge in [-0.2, -0.15) is 13.2 Å². The van der Waals surface area contributed by atoms with Crippen molar-refractivity contribution in [2.24, 2.45) is 5.73 Å². The van der Waals surface area contributed by atoms with Gasteiger partial charge in [-0.3, -0.25) is 0 Å². The van der Waals surface area contributed by atoms with Crippen molar-refractivity contribution in [1.29, 1.82) is 0 Å². The molecular weight excluding hydrogens is 275 g/mol. The second-order valence-electron chi connectivity index (χ2n) is 4.21. The van der Waals surface area contributed by atoms with Crippen LogP contribution in [0.2, 0.25) is 0 Å². The summed E-state index contributed by atoms with van der Waals surface area (Å²) in [5.41, 5.74) is 6.54. The van der Waals surface area contributed by atoms with E-state index >= 15 is 0 Å². The number of ether oxygens (including phenoxy) is 3. The third-order valence-electron chi connectivity index (χ3n) is 2.46. The van der Waals surface area contributed by atoms with E-state index in [4.69, 9.17) is 15.2 Å². The molecule has 0 bridgehead atoms. The summed E-state index contributed by atoms with van der Waals surface area (Å²) >= 11 is 0. The molecule has 0 radical (unpaired) electrons. The summed E-state index contributed by atoms with van der Waals surface area (Å²) in [7, 11) is 1.51. The van der Waals surface area contributed by atoms with Crippen molar-refractivity contribution in [2.45, 2.75) is 19.1 Å². The quantitative estimate of drug-likeness (QED) is 0.785. The highest BCUT2D eigenvalue weighted by molar-refractivity contribution is 5.42. The zero-order chi connectivity index (χ0) is 15.2. The lowest BCUT2D eigenvalue weighted by Gasteiger charge is -2.15. The van der Waals surface area contributed by atoms with Crippen LogP contribution in [0.5, 0.6) is 11.5 Å². The van der Waals surface area contributed by atoms with Gasteiger partial charge >= 0.3 is 6.18 Å². The van der Waals surface area contributed by atoms with Crippen LogP contribution in [0.4, 0.5) is 13.2 Å². The van der Waals surface area contributed by atoms with Crippen molar-refractivity contribution in [3.63, 3.8) is 0 Å². The van der Waals surface area contributed by atoms with E-state index in [1.165, 1.54) is 7.11 Å². The molecule has 2 N–H and O–H groups in total. The number of halogens is 3. The molecule has 114 valence electrons. The van der Waals surface area contributed by atoms with Gasteiger partial charge in [0.15, 0.2) is 0 Å². The fraction of sp³-hybridized carbons (Fsp3) is 0.538. The van der Waals surface area contributed by atoms with Crippen LogP contribution < -0.4 is 15.2 Å². The van der Waals surface area contributed by atoms with Crippen LogP contribution in [-0.2, 0) is 4.74 Å². The highest BCUT2D eigenvalue weighted by Gasteiger charge is 2.27. The van der Waals surface area contributed by atoms with Gasteiger partial charge < -0.3 is 19.9 Å². The SMILES string of the molecule is COc1ccc([C@@H](C)N)c(OCCOCC(F)(F)F)c1. The van der Waals surface area contributed by atoms with Crippen LogP contribution >= 0.6 is 0 Å². The summed E-state index contributed by atoms with van der Waals surface area (Å²) in [6, 6.07) is 4.89. The smallest absolute Gasteiger partial charge is 0.411 e. The lowest BCUT2D eigenvalue weighted by molar-refractivity contribution is -0.175. The van der Waals surface area contributed by atoms with Gasteiger partial charge in [0.25, 0.3) is 0 Å². The number of methoxy groups -OCH3 is 1. The predicted molar refractivity (Wildman–Crippen MR) is 68.0 cm³/mol. The summed E-state index contributed by atoms with van der Waals surface area (Å²) in [4.78, 5) is 0. The molecule has 1 atom stereocenters. The van der Waals surface area contributed by atoms with Crippen LogP contribution in [0.25, 0.3) is 0 Å². The van der Waals surface area contributed by atoms with Crippen LogP contribution in [0.15, 0.2) is 18.2 Å². The zero-order valence-corrected chi connectivity index (χ0v) is 11.4. The maximum Gasteiger partial charge on any atom is 0.411 e. The van der Waals surface area contributed by atoms with Gasteiger partial charge in [0.05, 0.1) is 13.7 Å². The first-order valence-corrected chi connectivity index (χ1v) is 6.04. The molecule has 0 amide bonds. The van der Waals surface area contributed by atoms with Gasteiger partial charge in [0, 0.05) is 17.7 Å². The minimum Gasteiger partial charge on any atom is -0.497 e. The molecule has 0 saturated carbocycles. The number of hydrogen-bond acceptors (Lipinski definition) is 4. The minimum absolute atomic E-state index is 0.00294. The topological polar surface area (TPSA) is 53.7 Å². The normalized spacial score (nSPS) is 13.1. The van der Waals surface area contributed by atoms with Crippen molar-refractivity contribution in [3.05, 3.63) is 23.8 Å². The molecule has 0 spiro atoms. The Morgan fingerprint density at radius 2 is 1.95 bits per heavy atom. The van der Waals surface area contributed by atoms with Crippen LogP contribution in [-0.4, -0.2) is 33.1 Å². The Morgan fingerprint density at radius 3 is 2.50 bits per heavy atom. The van der Waals surface area contributed by atoms with E-state index in [1.807, 2.05) is 0 Å². The maximum atomic E-state index is 11.9. The van der Waals surface area contributed by atoms with E-state index in [-0.39, 0.29) is 19.3 Å². The van der Waals surface area contributed by atoms with Crippen molar-refractivity contribution < 1.29 is 27.4 Å².